The molecule has 2 N–H and O–H groups in total. The molecule has 3 heterocycles. The van der Waals surface area contributed by atoms with Gasteiger partial charge >= 0.3 is 0 Å². The number of hydrogen-bond donors (Lipinski definition) is 2. The first-order valence-electron chi connectivity index (χ1n) is 11.7. The zero-order valence-corrected chi connectivity index (χ0v) is 21.1. The smallest absolute Gasteiger partial charge is 0.260 e. The first-order valence-corrected chi connectivity index (χ1v) is 12.2. The van der Waals surface area contributed by atoms with Crippen molar-refractivity contribution in [3.8, 4) is 0 Å². The number of fused-ring (bicyclic) bond motifs is 1. The van der Waals surface area contributed by atoms with Crippen molar-refractivity contribution in [3.63, 3.8) is 0 Å². The van der Waals surface area contributed by atoms with Crippen LogP contribution in [-0.4, -0.2) is 40.3 Å². The van der Waals surface area contributed by atoms with Crippen LogP contribution in [0.15, 0.2) is 73.1 Å². The fraction of sp³-hybridized carbons (Fsp3) is 0.192. The molecule has 0 aliphatic heterocycles. The van der Waals surface area contributed by atoms with Gasteiger partial charge in [0.25, 0.3) is 5.91 Å². The largest absolute Gasteiger partial charge is 0.373 e. The lowest BCUT2D eigenvalue weighted by atomic mass is 9.85. The van der Waals surface area contributed by atoms with E-state index in [1.165, 1.54) is 0 Å². The maximum Gasteiger partial charge on any atom is 0.260 e. The number of aryl methyl sites for hydroxylation is 2. The lowest BCUT2D eigenvalue weighted by Crippen LogP contribution is -2.32. The highest BCUT2D eigenvalue weighted by molar-refractivity contribution is 7.27. The number of aliphatic hydroxyl groups is 1. The van der Waals surface area contributed by atoms with Gasteiger partial charge in [0.15, 0.2) is 17.1 Å². The highest BCUT2D eigenvalue weighted by atomic mass is 31.0. The third-order valence-electron chi connectivity index (χ3n) is 6.12. The van der Waals surface area contributed by atoms with Gasteiger partial charge in [-0.15, -0.1) is 5.10 Å². The summed E-state index contributed by atoms with van der Waals surface area (Å²) in [6, 6.07) is 20.6. The summed E-state index contributed by atoms with van der Waals surface area (Å²) in [4.78, 5) is 26.6. The molecule has 1 atom stereocenters. The van der Waals surface area contributed by atoms with E-state index in [2.05, 4.69) is 29.6 Å². The van der Waals surface area contributed by atoms with Crippen LogP contribution in [-0.2, 0) is 18.7 Å². The van der Waals surface area contributed by atoms with Crippen molar-refractivity contribution < 1.29 is 9.90 Å². The van der Waals surface area contributed by atoms with Gasteiger partial charge in [0.2, 0.25) is 5.95 Å². The van der Waals surface area contributed by atoms with Crippen LogP contribution in [0.3, 0.4) is 0 Å². The molecule has 0 saturated heterocycles. The number of hydrogen-bond acceptors (Lipinski definition) is 6. The molecular weight excluding hydrogens is 473 g/mol. The predicted molar refractivity (Wildman–Crippen MR) is 141 cm³/mol. The number of rotatable bonds is 7. The fourth-order valence-electron chi connectivity index (χ4n) is 4.30. The van der Waals surface area contributed by atoms with Crippen molar-refractivity contribution in [2.45, 2.75) is 32.5 Å². The second kappa shape index (κ2) is 9.60. The molecule has 182 valence electrons. The summed E-state index contributed by atoms with van der Waals surface area (Å²) in [5.74, 6) is 0.267. The predicted octanol–water partition coefficient (Wildman–Crippen LogP) is 3.10. The summed E-state index contributed by atoms with van der Waals surface area (Å²) in [5, 5.41) is 19.2. The number of carbonyl (C=O) groups excluding carboxylic acids is 1. The standard InChI is InChI=1S/C26H26N7O2P/c1-3-32-16-27-25(31-32)30-22(34)19-15-20-21(28-23(19)36)29-24(33(20)4-2)26(35,17-11-7-5-8-12-17)18-13-9-6-10-14-18/h5-16,35H,3-4,36H2,1-2H3,(H,30,31,34). The first-order chi connectivity index (χ1) is 17.5. The van der Waals surface area contributed by atoms with Gasteiger partial charge in [-0.25, -0.2) is 15.0 Å². The van der Waals surface area contributed by atoms with Gasteiger partial charge in [0.05, 0.1) is 16.5 Å². The SMILES string of the molecule is CCn1cnc(NC(=O)c2cc3c(nc2P)nc(C(O)(c2ccccc2)c2ccccc2)n3CC)n1. The average molecular weight is 500 g/mol. The summed E-state index contributed by atoms with van der Waals surface area (Å²) in [7, 11) is 2.50. The van der Waals surface area contributed by atoms with Crippen molar-refractivity contribution in [2.24, 2.45) is 0 Å². The lowest BCUT2D eigenvalue weighted by Gasteiger charge is -2.29. The summed E-state index contributed by atoms with van der Waals surface area (Å²) < 4.78 is 3.53. The van der Waals surface area contributed by atoms with E-state index in [0.717, 1.165) is 0 Å². The third-order valence-corrected chi connectivity index (χ3v) is 6.56. The quantitative estimate of drug-likeness (QED) is 0.333. The minimum absolute atomic E-state index is 0.221. The molecule has 5 aromatic rings. The minimum Gasteiger partial charge on any atom is -0.373 e. The Morgan fingerprint density at radius 3 is 2.19 bits per heavy atom. The zero-order valence-electron chi connectivity index (χ0n) is 20.0. The van der Waals surface area contributed by atoms with Gasteiger partial charge in [-0.3, -0.25) is 14.8 Å². The Morgan fingerprint density at radius 2 is 1.64 bits per heavy atom. The molecule has 36 heavy (non-hydrogen) atoms. The molecule has 0 radical (unpaired) electrons. The highest BCUT2D eigenvalue weighted by Gasteiger charge is 2.39. The van der Waals surface area contributed by atoms with E-state index in [4.69, 9.17) is 4.98 Å². The molecule has 9 nitrogen and oxygen atoms in total. The van der Waals surface area contributed by atoms with Crippen molar-refractivity contribution >= 4 is 37.7 Å². The average Bonchev–Trinajstić information content (AvgIpc) is 3.52. The topological polar surface area (TPSA) is 111 Å². The van der Waals surface area contributed by atoms with Crippen LogP contribution in [0.2, 0.25) is 0 Å². The Hall–Kier alpha value is -3.94. The number of amides is 1. The number of pyridine rings is 1. The number of imidazole rings is 1. The van der Waals surface area contributed by atoms with Crippen LogP contribution in [0.5, 0.6) is 0 Å². The Labute approximate surface area is 210 Å². The summed E-state index contributed by atoms with van der Waals surface area (Å²) in [6.07, 6.45) is 1.56. The highest BCUT2D eigenvalue weighted by Crippen LogP contribution is 2.37. The van der Waals surface area contributed by atoms with E-state index in [-0.39, 0.29) is 11.9 Å². The van der Waals surface area contributed by atoms with Crippen LogP contribution in [0.25, 0.3) is 11.2 Å². The maximum absolute atomic E-state index is 13.1. The minimum atomic E-state index is -1.53. The summed E-state index contributed by atoms with van der Waals surface area (Å²) in [6.45, 7) is 5.07. The van der Waals surface area contributed by atoms with Gasteiger partial charge in [0.1, 0.15) is 6.33 Å². The van der Waals surface area contributed by atoms with Crippen molar-refractivity contribution in [3.05, 3.63) is 95.6 Å². The number of aromatic nitrogens is 6. The number of carbonyl (C=O) groups is 1. The number of benzene rings is 2. The van der Waals surface area contributed by atoms with E-state index in [1.54, 1.807) is 17.1 Å². The Kier molecular flexibility index (Phi) is 6.35. The Bertz CT molecular complexity index is 1490. The molecule has 0 saturated carbocycles. The molecule has 10 heteroatoms. The molecule has 5 rings (SSSR count). The zero-order chi connectivity index (χ0) is 25.3. The Balaban J connectivity index is 1.65. The molecule has 0 bridgehead atoms. The first kappa shape index (κ1) is 23.8. The van der Waals surface area contributed by atoms with Crippen LogP contribution in [0.4, 0.5) is 5.95 Å². The molecule has 0 aliphatic carbocycles. The van der Waals surface area contributed by atoms with E-state index in [1.807, 2.05) is 79.1 Å². The van der Waals surface area contributed by atoms with Gasteiger partial charge in [-0.05, 0) is 31.0 Å². The molecule has 3 aromatic heterocycles. The van der Waals surface area contributed by atoms with Gasteiger partial charge in [-0.1, -0.05) is 69.9 Å². The van der Waals surface area contributed by atoms with Crippen LogP contribution in [0.1, 0.15) is 41.2 Å². The van der Waals surface area contributed by atoms with E-state index >= 15 is 0 Å². The molecule has 1 amide bonds. The number of nitrogens with one attached hydrogen (secondary N) is 1. The fourth-order valence-corrected chi connectivity index (χ4v) is 4.63. The third kappa shape index (κ3) is 4.06. The molecule has 0 fully saturated rings. The number of nitrogens with zero attached hydrogens (tertiary/aromatic N) is 6. The molecule has 1 unspecified atom stereocenters. The van der Waals surface area contributed by atoms with E-state index < -0.39 is 5.60 Å². The second-order valence-electron chi connectivity index (χ2n) is 8.26. The summed E-state index contributed by atoms with van der Waals surface area (Å²) in [5.41, 5.74) is 1.70. The molecule has 0 aliphatic rings. The van der Waals surface area contributed by atoms with Crippen molar-refractivity contribution in [1.29, 1.82) is 0 Å². The van der Waals surface area contributed by atoms with Crippen molar-refractivity contribution in [1.82, 2.24) is 29.3 Å². The van der Waals surface area contributed by atoms with E-state index in [9.17, 15) is 9.90 Å². The maximum atomic E-state index is 13.1. The molecule has 2 aromatic carbocycles. The van der Waals surface area contributed by atoms with E-state index in [0.29, 0.717) is 52.2 Å². The number of anilines is 1. The van der Waals surface area contributed by atoms with Crippen LogP contribution < -0.4 is 10.8 Å². The van der Waals surface area contributed by atoms with Crippen molar-refractivity contribution in [2.75, 3.05) is 5.32 Å². The van der Waals surface area contributed by atoms with Gasteiger partial charge < -0.3 is 9.67 Å². The second-order valence-corrected chi connectivity index (χ2v) is 8.81. The molecule has 0 spiro atoms. The van der Waals surface area contributed by atoms with Gasteiger partial charge in [0, 0.05) is 13.1 Å². The summed E-state index contributed by atoms with van der Waals surface area (Å²) >= 11 is 0. The molecular formula is C26H26N7O2P. The Morgan fingerprint density at radius 1 is 1.00 bits per heavy atom. The normalized spacial score (nSPS) is 11.7. The van der Waals surface area contributed by atoms with Crippen LogP contribution in [0, 0.1) is 0 Å². The monoisotopic (exact) mass is 499 g/mol. The van der Waals surface area contributed by atoms with Gasteiger partial charge in [-0.2, -0.15) is 0 Å². The lowest BCUT2D eigenvalue weighted by molar-refractivity contribution is 0.102. The van der Waals surface area contributed by atoms with Crippen LogP contribution >= 0.6 is 9.24 Å².